The first-order valence-corrected chi connectivity index (χ1v) is 23.4. The van der Waals surface area contributed by atoms with Gasteiger partial charge in [-0.15, -0.1) is 0 Å². The fourth-order valence-electron chi connectivity index (χ4n) is 5.16. The number of phosphoric ester groups is 1. The van der Waals surface area contributed by atoms with Crippen LogP contribution in [0.1, 0.15) is 142 Å². The van der Waals surface area contributed by atoms with Crippen LogP contribution >= 0.6 is 7.82 Å². The Balaban J connectivity index is 4.06. The van der Waals surface area contributed by atoms with E-state index >= 15 is 0 Å². The highest BCUT2D eigenvalue weighted by atomic mass is 31.2. The summed E-state index contributed by atoms with van der Waals surface area (Å²) in [6, 6.07) is -1.59. The Kier molecular flexibility index (Phi) is 39.2. The predicted octanol–water partition coefficient (Wildman–Crippen LogP) is 11.4. The number of hydrogen-bond donors (Lipinski definition) is 4. The molecule has 0 spiro atoms. The van der Waals surface area contributed by atoms with E-state index in [9.17, 15) is 34.1 Å². The second-order valence-corrected chi connectivity index (χ2v) is 15.6. The Morgan fingerprint density at radius 1 is 0.550 bits per heavy atom. The Hall–Kier alpha value is -3.86. The molecular formula is C48H76NO10P. The molecule has 1 amide bonds. The molecule has 0 aromatic heterocycles. The molecule has 0 bridgehead atoms. The number of rotatable bonds is 39. The molecule has 3 unspecified atom stereocenters. The first-order chi connectivity index (χ1) is 29.1. The lowest BCUT2D eigenvalue weighted by atomic mass is 10.1. The van der Waals surface area contributed by atoms with E-state index in [1.165, 1.54) is 25.7 Å². The van der Waals surface area contributed by atoms with Crippen LogP contribution in [0.5, 0.6) is 0 Å². The van der Waals surface area contributed by atoms with Gasteiger partial charge in [-0.3, -0.25) is 18.6 Å². The van der Waals surface area contributed by atoms with Gasteiger partial charge in [-0.2, -0.15) is 0 Å². The number of aliphatic carboxylic acids is 1. The molecule has 0 heterocycles. The first-order valence-electron chi connectivity index (χ1n) is 21.9. The maximum Gasteiger partial charge on any atom is 0.472 e. The molecular weight excluding hydrogens is 781 g/mol. The van der Waals surface area contributed by atoms with Crippen LogP contribution in [0.4, 0.5) is 0 Å². The molecule has 3 atom stereocenters. The SMILES string of the molecule is CC/C=C\C/C=C\C/C=C\C/C=C\C/C=C\CCCC(=O)NC(COP(=O)(O)OCC(O)COC(=O)CCCCC/C=C\C/C=C\C/C=C\C/C=C\CCCCC)C(=O)O. The van der Waals surface area contributed by atoms with E-state index in [0.29, 0.717) is 19.3 Å². The van der Waals surface area contributed by atoms with Crippen LogP contribution in [0.2, 0.25) is 0 Å². The van der Waals surface area contributed by atoms with E-state index in [4.69, 9.17) is 13.8 Å². The number of nitrogens with one attached hydrogen (secondary N) is 1. The van der Waals surface area contributed by atoms with Crippen molar-refractivity contribution in [2.75, 3.05) is 19.8 Å². The van der Waals surface area contributed by atoms with Crippen molar-refractivity contribution in [3.63, 3.8) is 0 Å². The lowest BCUT2D eigenvalue weighted by Crippen LogP contribution is -2.43. The van der Waals surface area contributed by atoms with Crippen molar-refractivity contribution in [3.8, 4) is 0 Å². The maximum absolute atomic E-state index is 12.3. The van der Waals surface area contributed by atoms with Crippen molar-refractivity contribution in [2.45, 2.75) is 154 Å². The summed E-state index contributed by atoms with van der Waals surface area (Å²) in [6.07, 6.45) is 54.1. The minimum atomic E-state index is -4.79. The van der Waals surface area contributed by atoms with Crippen molar-refractivity contribution in [1.82, 2.24) is 5.32 Å². The molecule has 0 aliphatic rings. The van der Waals surface area contributed by atoms with Gasteiger partial charge in [0.2, 0.25) is 5.91 Å². The summed E-state index contributed by atoms with van der Waals surface area (Å²) in [5.74, 6) is -2.51. The van der Waals surface area contributed by atoms with Gasteiger partial charge in [-0.05, 0) is 96.3 Å². The highest BCUT2D eigenvalue weighted by molar-refractivity contribution is 7.47. The molecule has 4 N–H and O–H groups in total. The van der Waals surface area contributed by atoms with E-state index in [2.05, 4.69) is 116 Å². The average molecular weight is 858 g/mol. The maximum atomic E-state index is 12.3. The van der Waals surface area contributed by atoms with Crippen LogP contribution < -0.4 is 5.32 Å². The molecule has 0 aromatic rings. The van der Waals surface area contributed by atoms with Crippen molar-refractivity contribution in [3.05, 3.63) is 109 Å². The van der Waals surface area contributed by atoms with Crippen LogP contribution in [-0.2, 0) is 32.7 Å². The lowest BCUT2D eigenvalue weighted by molar-refractivity contribution is -0.147. The topological polar surface area (TPSA) is 169 Å². The fourth-order valence-corrected chi connectivity index (χ4v) is 5.93. The largest absolute Gasteiger partial charge is 0.480 e. The predicted molar refractivity (Wildman–Crippen MR) is 244 cm³/mol. The number of phosphoric acid groups is 1. The number of carboxylic acid groups (broad SMARTS) is 1. The van der Waals surface area contributed by atoms with Gasteiger partial charge in [-0.1, -0.05) is 142 Å². The summed E-state index contributed by atoms with van der Waals surface area (Å²) in [7, 11) is -4.79. The third-order valence-corrected chi connectivity index (χ3v) is 9.50. The van der Waals surface area contributed by atoms with Gasteiger partial charge < -0.3 is 25.2 Å². The highest BCUT2D eigenvalue weighted by Gasteiger charge is 2.28. The summed E-state index contributed by atoms with van der Waals surface area (Å²) < 4.78 is 26.8. The highest BCUT2D eigenvalue weighted by Crippen LogP contribution is 2.43. The Morgan fingerprint density at radius 3 is 1.45 bits per heavy atom. The van der Waals surface area contributed by atoms with Crippen molar-refractivity contribution in [1.29, 1.82) is 0 Å². The number of allylic oxidation sites excluding steroid dienone is 18. The van der Waals surface area contributed by atoms with Gasteiger partial charge in [-0.25, -0.2) is 9.36 Å². The van der Waals surface area contributed by atoms with E-state index in [1.54, 1.807) is 0 Å². The fraction of sp³-hybridized carbons (Fsp3) is 0.562. The standard InChI is InChI=1S/C48H76NO10P/c1-3-5-7-9-11-13-15-17-19-21-22-24-26-28-30-32-34-36-38-40-47(52)57-41-44(50)42-58-60(55,56)59-43-45(48(53)54)49-46(51)39-37-35-33-31-29-27-25-23-20-18-16-14-12-10-8-6-4-2/h6,8,11-14,17-20,22,24-25,27-28,30-31,33,44-45,50H,3-5,7,9-10,15-16,21,23,26,29,32,34-43H2,1-2H3,(H,49,51)(H,53,54)(H,55,56)/b8-6-,13-11-,14-12-,19-17-,20-18-,24-22-,27-25-,30-28-,33-31-. The number of amides is 1. The lowest BCUT2D eigenvalue weighted by Gasteiger charge is -2.18. The van der Waals surface area contributed by atoms with Gasteiger partial charge in [0.15, 0.2) is 6.04 Å². The van der Waals surface area contributed by atoms with E-state index in [1.807, 2.05) is 12.2 Å². The van der Waals surface area contributed by atoms with Crippen LogP contribution in [-0.4, -0.2) is 64.9 Å². The van der Waals surface area contributed by atoms with Crippen LogP contribution in [0.25, 0.3) is 0 Å². The van der Waals surface area contributed by atoms with Crippen LogP contribution in [0.3, 0.4) is 0 Å². The number of aliphatic hydroxyl groups is 1. The number of unbranched alkanes of at least 4 members (excludes halogenated alkanes) is 7. The van der Waals surface area contributed by atoms with Gasteiger partial charge in [0.1, 0.15) is 12.7 Å². The normalized spacial score (nSPS) is 14.7. The van der Waals surface area contributed by atoms with Crippen molar-refractivity contribution in [2.24, 2.45) is 0 Å². The minimum Gasteiger partial charge on any atom is -0.480 e. The Morgan fingerprint density at radius 2 is 0.983 bits per heavy atom. The Labute approximate surface area is 361 Å². The molecule has 60 heavy (non-hydrogen) atoms. The monoisotopic (exact) mass is 858 g/mol. The molecule has 11 nitrogen and oxygen atoms in total. The van der Waals surface area contributed by atoms with Gasteiger partial charge in [0.05, 0.1) is 13.2 Å². The first kappa shape index (κ1) is 56.1. The zero-order chi connectivity index (χ0) is 44.2. The summed E-state index contributed by atoms with van der Waals surface area (Å²) in [4.78, 5) is 45.9. The molecule has 0 rings (SSSR count). The van der Waals surface area contributed by atoms with Gasteiger partial charge in [0.25, 0.3) is 0 Å². The molecule has 12 heteroatoms. The van der Waals surface area contributed by atoms with Crippen LogP contribution in [0, 0.1) is 0 Å². The van der Waals surface area contributed by atoms with Gasteiger partial charge >= 0.3 is 19.8 Å². The number of carboxylic acids is 1. The molecule has 0 saturated carbocycles. The molecule has 0 saturated heterocycles. The number of hydrogen-bond acceptors (Lipinski definition) is 8. The smallest absolute Gasteiger partial charge is 0.472 e. The van der Waals surface area contributed by atoms with E-state index in [-0.39, 0.29) is 12.8 Å². The zero-order valence-corrected chi connectivity index (χ0v) is 37.4. The molecule has 338 valence electrons. The summed E-state index contributed by atoms with van der Waals surface area (Å²) in [5, 5.41) is 21.8. The zero-order valence-electron chi connectivity index (χ0n) is 36.5. The summed E-state index contributed by atoms with van der Waals surface area (Å²) in [6.45, 7) is 2.35. The third-order valence-electron chi connectivity index (χ3n) is 8.55. The number of carbonyl (C=O) groups is 3. The van der Waals surface area contributed by atoms with Crippen molar-refractivity contribution >= 4 is 25.7 Å². The third kappa shape index (κ3) is 40.9. The number of esters is 1. The number of aliphatic hydroxyl groups excluding tert-OH is 1. The quantitative estimate of drug-likeness (QED) is 0.0202. The molecule has 0 aliphatic heterocycles. The number of carbonyl (C=O) groups excluding carboxylic acids is 2. The Bertz CT molecular complexity index is 1430. The van der Waals surface area contributed by atoms with E-state index < -0.39 is 57.6 Å². The number of ether oxygens (including phenoxy) is 1. The summed E-state index contributed by atoms with van der Waals surface area (Å²) >= 11 is 0. The molecule has 0 fully saturated rings. The minimum absolute atomic E-state index is 0.0579. The average Bonchev–Trinajstić information content (AvgIpc) is 3.22. The van der Waals surface area contributed by atoms with Crippen LogP contribution in [0.15, 0.2) is 109 Å². The second-order valence-electron chi connectivity index (χ2n) is 14.1. The van der Waals surface area contributed by atoms with E-state index in [0.717, 1.165) is 70.6 Å². The second kappa shape index (κ2) is 41.9. The summed E-state index contributed by atoms with van der Waals surface area (Å²) in [5.41, 5.74) is 0. The van der Waals surface area contributed by atoms with Gasteiger partial charge in [0, 0.05) is 12.8 Å². The molecule has 0 aromatic carbocycles. The van der Waals surface area contributed by atoms with Crippen molar-refractivity contribution < 1.29 is 47.8 Å². The molecule has 0 radical (unpaired) electrons. The molecule has 0 aliphatic carbocycles.